The summed E-state index contributed by atoms with van der Waals surface area (Å²) in [6.07, 6.45) is 1.65. The molecule has 1 heterocycles. The summed E-state index contributed by atoms with van der Waals surface area (Å²) in [7, 11) is -3.02. The molecule has 21 heavy (non-hydrogen) atoms. The monoisotopic (exact) mass is 305 g/mol. The molecular formula is C15H19N3O2S. The fourth-order valence-electron chi connectivity index (χ4n) is 2.66. The van der Waals surface area contributed by atoms with Crippen molar-refractivity contribution >= 4 is 10.0 Å². The fourth-order valence-corrected chi connectivity index (χ4v) is 4.49. The molecule has 5 nitrogen and oxygen atoms in total. The lowest BCUT2D eigenvalue weighted by Gasteiger charge is -2.34. The fraction of sp³-hybridized carbons (Fsp3) is 0.533. The van der Waals surface area contributed by atoms with Crippen LogP contribution >= 0.6 is 0 Å². The summed E-state index contributed by atoms with van der Waals surface area (Å²) in [6.45, 7) is 3.53. The van der Waals surface area contributed by atoms with Crippen LogP contribution < -0.4 is 0 Å². The van der Waals surface area contributed by atoms with Gasteiger partial charge in [0.05, 0.1) is 16.9 Å². The van der Waals surface area contributed by atoms with Gasteiger partial charge >= 0.3 is 0 Å². The largest absolute Gasteiger partial charge is 0.296 e. The Kier molecular flexibility index (Phi) is 3.98. The highest BCUT2D eigenvalue weighted by Gasteiger charge is 2.40. The summed E-state index contributed by atoms with van der Waals surface area (Å²) in [4.78, 5) is 2.26. The van der Waals surface area contributed by atoms with Crippen molar-refractivity contribution in [2.75, 3.05) is 26.2 Å². The van der Waals surface area contributed by atoms with Crippen LogP contribution in [0.2, 0.25) is 0 Å². The Morgan fingerprint density at radius 1 is 1.10 bits per heavy atom. The normalized spacial score (nSPS) is 21.1. The molecule has 6 heteroatoms. The van der Waals surface area contributed by atoms with E-state index < -0.39 is 10.0 Å². The number of nitrogens with zero attached hydrogens (tertiary/aromatic N) is 3. The third-order valence-corrected chi connectivity index (χ3v) is 6.52. The second kappa shape index (κ2) is 5.76. The third kappa shape index (κ3) is 3.26. The maximum Gasteiger partial charge on any atom is 0.217 e. The molecule has 0 spiro atoms. The predicted molar refractivity (Wildman–Crippen MR) is 79.9 cm³/mol. The Bertz CT molecular complexity index is 636. The van der Waals surface area contributed by atoms with Crippen LogP contribution in [0.4, 0.5) is 0 Å². The summed E-state index contributed by atoms with van der Waals surface area (Å²) >= 11 is 0. The van der Waals surface area contributed by atoms with E-state index in [0.29, 0.717) is 18.7 Å². The average Bonchev–Trinajstić information content (AvgIpc) is 3.34. The van der Waals surface area contributed by atoms with Gasteiger partial charge in [-0.3, -0.25) is 4.90 Å². The predicted octanol–water partition coefficient (Wildman–Crippen LogP) is 1.17. The SMILES string of the molecule is N#Cc1ccc(CN2CCN(S(=O)(=O)C3CC3)CC2)cc1. The van der Waals surface area contributed by atoms with E-state index in [1.54, 1.807) is 4.31 Å². The molecule has 0 amide bonds. The molecule has 1 saturated carbocycles. The number of nitriles is 1. The quantitative estimate of drug-likeness (QED) is 0.837. The van der Waals surface area contributed by atoms with Gasteiger partial charge in [0.1, 0.15) is 0 Å². The van der Waals surface area contributed by atoms with Crippen molar-refractivity contribution in [1.29, 1.82) is 5.26 Å². The molecule has 1 aliphatic carbocycles. The summed E-state index contributed by atoms with van der Waals surface area (Å²) < 4.78 is 26.0. The first-order chi connectivity index (χ1) is 10.1. The Morgan fingerprint density at radius 2 is 1.71 bits per heavy atom. The molecule has 1 aromatic carbocycles. The van der Waals surface area contributed by atoms with Gasteiger partial charge in [-0.15, -0.1) is 0 Å². The van der Waals surface area contributed by atoms with Gasteiger partial charge in [0.25, 0.3) is 0 Å². The van der Waals surface area contributed by atoms with Crippen LogP contribution in [0.1, 0.15) is 24.0 Å². The molecule has 0 unspecified atom stereocenters. The van der Waals surface area contributed by atoms with Gasteiger partial charge in [-0.1, -0.05) is 12.1 Å². The highest BCUT2D eigenvalue weighted by molar-refractivity contribution is 7.90. The number of benzene rings is 1. The molecule has 2 fully saturated rings. The number of hydrogen-bond acceptors (Lipinski definition) is 4. The van der Waals surface area contributed by atoms with Crippen molar-refractivity contribution in [3.8, 4) is 6.07 Å². The van der Waals surface area contributed by atoms with Crippen molar-refractivity contribution in [2.45, 2.75) is 24.6 Å². The molecule has 0 N–H and O–H groups in total. The minimum absolute atomic E-state index is 0.109. The second-order valence-corrected chi connectivity index (χ2v) is 7.94. The first-order valence-corrected chi connectivity index (χ1v) is 8.80. The van der Waals surface area contributed by atoms with Crippen LogP contribution in [0.3, 0.4) is 0 Å². The van der Waals surface area contributed by atoms with E-state index in [-0.39, 0.29) is 5.25 Å². The topological polar surface area (TPSA) is 64.4 Å². The standard InChI is InChI=1S/C15H19N3O2S/c16-11-13-1-3-14(4-2-13)12-17-7-9-18(10-8-17)21(19,20)15-5-6-15/h1-4,15H,5-10,12H2. The lowest BCUT2D eigenvalue weighted by Crippen LogP contribution is -2.49. The van der Waals surface area contributed by atoms with Crippen LogP contribution in [0.5, 0.6) is 0 Å². The summed E-state index contributed by atoms with van der Waals surface area (Å²) in [5.41, 5.74) is 1.83. The van der Waals surface area contributed by atoms with E-state index >= 15 is 0 Å². The van der Waals surface area contributed by atoms with Crippen molar-refractivity contribution in [1.82, 2.24) is 9.21 Å². The average molecular weight is 305 g/mol. The van der Waals surface area contributed by atoms with Crippen LogP contribution in [-0.2, 0) is 16.6 Å². The first-order valence-electron chi connectivity index (χ1n) is 7.30. The van der Waals surface area contributed by atoms with Crippen LogP contribution in [0.25, 0.3) is 0 Å². The zero-order valence-electron chi connectivity index (χ0n) is 11.9. The Balaban J connectivity index is 1.55. The molecule has 0 bridgehead atoms. The van der Waals surface area contributed by atoms with Crippen molar-refractivity contribution < 1.29 is 8.42 Å². The van der Waals surface area contributed by atoms with Gasteiger partial charge in [-0.05, 0) is 30.5 Å². The Morgan fingerprint density at radius 3 is 2.24 bits per heavy atom. The van der Waals surface area contributed by atoms with E-state index in [9.17, 15) is 8.42 Å². The molecule has 0 radical (unpaired) electrons. The second-order valence-electron chi connectivity index (χ2n) is 5.73. The van der Waals surface area contributed by atoms with Crippen LogP contribution in [0, 0.1) is 11.3 Å². The molecule has 112 valence electrons. The maximum atomic E-state index is 12.2. The first kappa shape index (κ1) is 14.5. The van der Waals surface area contributed by atoms with Crippen LogP contribution in [-0.4, -0.2) is 49.1 Å². The number of piperazine rings is 1. The van der Waals surface area contributed by atoms with Gasteiger partial charge in [0, 0.05) is 32.7 Å². The van der Waals surface area contributed by atoms with Gasteiger partial charge in [0.15, 0.2) is 0 Å². The lowest BCUT2D eigenvalue weighted by molar-refractivity contribution is 0.181. The van der Waals surface area contributed by atoms with E-state index in [4.69, 9.17) is 5.26 Å². The van der Waals surface area contributed by atoms with E-state index in [0.717, 1.165) is 38.0 Å². The maximum absolute atomic E-state index is 12.2. The minimum Gasteiger partial charge on any atom is -0.296 e. The number of rotatable bonds is 4. The zero-order chi connectivity index (χ0) is 14.9. The smallest absolute Gasteiger partial charge is 0.217 e. The minimum atomic E-state index is -3.02. The lowest BCUT2D eigenvalue weighted by atomic mass is 10.1. The molecular weight excluding hydrogens is 286 g/mol. The molecule has 1 aliphatic heterocycles. The van der Waals surface area contributed by atoms with Crippen LogP contribution in [0.15, 0.2) is 24.3 Å². The van der Waals surface area contributed by atoms with Crippen molar-refractivity contribution in [3.05, 3.63) is 35.4 Å². The molecule has 1 aromatic rings. The third-order valence-electron chi connectivity index (χ3n) is 4.13. The van der Waals surface area contributed by atoms with Gasteiger partial charge in [-0.25, -0.2) is 8.42 Å². The molecule has 0 aromatic heterocycles. The van der Waals surface area contributed by atoms with Gasteiger partial charge in [0.2, 0.25) is 10.0 Å². The number of hydrogen-bond donors (Lipinski definition) is 0. The molecule has 3 rings (SSSR count). The van der Waals surface area contributed by atoms with Gasteiger partial charge < -0.3 is 0 Å². The Hall–Kier alpha value is -1.42. The van der Waals surface area contributed by atoms with E-state index in [2.05, 4.69) is 11.0 Å². The highest BCUT2D eigenvalue weighted by atomic mass is 32.2. The Labute approximate surface area is 125 Å². The summed E-state index contributed by atoms with van der Waals surface area (Å²) in [6, 6.07) is 9.68. The summed E-state index contributed by atoms with van der Waals surface area (Å²) in [5, 5.41) is 8.67. The number of sulfonamides is 1. The molecule has 2 aliphatic rings. The molecule has 1 saturated heterocycles. The highest BCUT2D eigenvalue weighted by Crippen LogP contribution is 2.31. The van der Waals surface area contributed by atoms with E-state index in [1.807, 2.05) is 24.3 Å². The van der Waals surface area contributed by atoms with Crippen molar-refractivity contribution in [3.63, 3.8) is 0 Å². The molecule has 0 atom stereocenters. The summed E-state index contributed by atoms with van der Waals surface area (Å²) in [5.74, 6) is 0. The van der Waals surface area contributed by atoms with E-state index in [1.165, 1.54) is 0 Å². The zero-order valence-corrected chi connectivity index (χ0v) is 12.7. The van der Waals surface area contributed by atoms with Gasteiger partial charge in [-0.2, -0.15) is 9.57 Å². The van der Waals surface area contributed by atoms with Crippen molar-refractivity contribution in [2.24, 2.45) is 0 Å².